The molecule has 0 bridgehead atoms. The van der Waals surface area contributed by atoms with E-state index < -0.39 is 13.6 Å². The Bertz CT molecular complexity index is 107. The molecule has 1 atom stereocenters. The Morgan fingerprint density at radius 2 is 2.12 bits per heavy atom. The summed E-state index contributed by atoms with van der Waals surface area (Å²) < 4.78 is 10.0. The van der Waals surface area contributed by atoms with E-state index in [1.807, 2.05) is 0 Å². The van der Waals surface area contributed by atoms with Crippen LogP contribution in [-0.2, 0) is 4.57 Å². The number of rotatable bonds is 2. The zero-order valence-electron chi connectivity index (χ0n) is 4.32. The molecule has 0 rings (SSSR count). The summed E-state index contributed by atoms with van der Waals surface area (Å²) in [5, 5.41) is 0. The van der Waals surface area contributed by atoms with Gasteiger partial charge in [0.25, 0.3) is 0 Å². The lowest BCUT2D eigenvalue weighted by atomic mass is 10.4. The second-order valence-electron chi connectivity index (χ2n) is 1.61. The van der Waals surface area contributed by atoms with Gasteiger partial charge in [-0.1, -0.05) is 0 Å². The molecular formula is C3H9NO3P. The van der Waals surface area contributed by atoms with E-state index in [0.717, 1.165) is 0 Å². The highest BCUT2D eigenvalue weighted by Gasteiger charge is 2.14. The van der Waals surface area contributed by atoms with Crippen molar-refractivity contribution in [1.29, 1.82) is 0 Å². The number of hydrogen-bond donors (Lipinski definition) is 3. The van der Waals surface area contributed by atoms with Crippen LogP contribution in [0.3, 0.4) is 0 Å². The summed E-state index contributed by atoms with van der Waals surface area (Å²) in [4.78, 5) is 16.4. The van der Waals surface area contributed by atoms with E-state index in [2.05, 4.69) is 6.92 Å². The summed E-state index contributed by atoms with van der Waals surface area (Å²) >= 11 is 0. The lowest BCUT2D eigenvalue weighted by molar-refractivity contribution is 0.371. The van der Waals surface area contributed by atoms with Gasteiger partial charge in [0, 0.05) is 6.04 Å². The van der Waals surface area contributed by atoms with Crippen molar-refractivity contribution in [2.45, 2.75) is 6.04 Å². The van der Waals surface area contributed by atoms with Crippen molar-refractivity contribution in [2.24, 2.45) is 5.73 Å². The van der Waals surface area contributed by atoms with Gasteiger partial charge in [0.15, 0.2) is 0 Å². The average Bonchev–Trinajstić information content (AvgIpc) is 1.21. The fourth-order valence-corrected chi connectivity index (χ4v) is 0.916. The van der Waals surface area contributed by atoms with E-state index in [0.29, 0.717) is 0 Å². The third-order valence-electron chi connectivity index (χ3n) is 0.472. The molecule has 49 valence electrons. The van der Waals surface area contributed by atoms with Crippen molar-refractivity contribution >= 4 is 7.60 Å². The minimum absolute atomic E-state index is 0.340. The van der Waals surface area contributed by atoms with Crippen molar-refractivity contribution in [1.82, 2.24) is 0 Å². The normalized spacial score (nSPS) is 16.0. The first-order valence-electron chi connectivity index (χ1n) is 2.05. The summed E-state index contributed by atoms with van der Waals surface area (Å²) in [6, 6.07) is -0.671. The Hall–Kier alpha value is 0.110. The van der Waals surface area contributed by atoms with Gasteiger partial charge < -0.3 is 15.5 Å². The number of hydrogen-bond acceptors (Lipinski definition) is 2. The second-order valence-corrected chi connectivity index (χ2v) is 3.30. The van der Waals surface area contributed by atoms with Gasteiger partial charge in [0.2, 0.25) is 0 Å². The molecule has 0 aliphatic carbocycles. The molecule has 0 fully saturated rings. The molecule has 0 amide bonds. The molecule has 0 aliphatic heterocycles. The molecular weight excluding hydrogens is 129 g/mol. The largest absolute Gasteiger partial charge is 0.327 e. The van der Waals surface area contributed by atoms with Crippen LogP contribution in [0.5, 0.6) is 0 Å². The van der Waals surface area contributed by atoms with Gasteiger partial charge in [0.1, 0.15) is 0 Å². The highest BCUT2D eigenvalue weighted by molar-refractivity contribution is 7.51. The fourth-order valence-electron chi connectivity index (χ4n) is 0.305. The quantitative estimate of drug-likeness (QED) is 0.441. The summed E-state index contributed by atoms with van der Waals surface area (Å²) in [6.07, 6.45) is -0.340. The first-order valence-corrected chi connectivity index (χ1v) is 3.85. The lowest BCUT2D eigenvalue weighted by Crippen LogP contribution is -2.19. The Kier molecular flexibility index (Phi) is 2.63. The van der Waals surface area contributed by atoms with Gasteiger partial charge in [-0.05, 0) is 6.92 Å². The lowest BCUT2D eigenvalue weighted by Gasteiger charge is -2.04. The molecule has 0 aromatic rings. The van der Waals surface area contributed by atoms with Gasteiger partial charge >= 0.3 is 7.60 Å². The maximum atomic E-state index is 10.0. The van der Waals surface area contributed by atoms with E-state index in [1.165, 1.54) is 0 Å². The monoisotopic (exact) mass is 138 g/mol. The minimum atomic E-state index is -3.91. The highest BCUT2D eigenvalue weighted by atomic mass is 31.2. The maximum absolute atomic E-state index is 10.0. The van der Waals surface area contributed by atoms with Gasteiger partial charge in [-0.2, -0.15) is 0 Å². The standard InChI is InChI=1S/C3H9NO3P/c1-3(4)2-8(5,6)7/h3H,1-2,4H2,(H2,5,6,7). The van der Waals surface area contributed by atoms with E-state index in [1.54, 1.807) is 0 Å². The van der Waals surface area contributed by atoms with Crippen LogP contribution in [0.4, 0.5) is 0 Å². The van der Waals surface area contributed by atoms with E-state index in [9.17, 15) is 4.57 Å². The summed E-state index contributed by atoms with van der Waals surface area (Å²) in [7, 11) is -3.91. The first-order chi connectivity index (χ1) is 3.42. The van der Waals surface area contributed by atoms with Crippen LogP contribution in [0.1, 0.15) is 0 Å². The smallest absolute Gasteiger partial charge is 0.327 e. The second kappa shape index (κ2) is 2.60. The molecule has 8 heavy (non-hydrogen) atoms. The third-order valence-corrected chi connectivity index (χ3v) is 1.42. The Balaban J connectivity index is 3.56. The molecule has 4 N–H and O–H groups in total. The fraction of sp³-hybridized carbons (Fsp3) is 0.667. The summed E-state index contributed by atoms with van der Waals surface area (Å²) in [6.45, 7) is 3.21. The summed E-state index contributed by atoms with van der Waals surface area (Å²) in [5.74, 6) is 0. The minimum Gasteiger partial charge on any atom is -0.327 e. The molecule has 0 spiro atoms. The molecule has 0 saturated heterocycles. The SMILES string of the molecule is [CH2]C(N)CP(=O)(O)O. The van der Waals surface area contributed by atoms with Crippen LogP contribution in [0.25, 0.3) is 0 Å². The van der Waals surface area contributed by atoms with E-state index in [-0.39, 0.29) is 6.16 Å². The maximum Gasteiger partial charge on any atom is 0.327 e. The van der Waals surface area contributed by atoms with Crippen molar-refractivity contribution in [2.75, 3.05) is 6.16 Å². The van der Waals surface area contributed by atoms with Crippen molar-refractivity contribution in [3.63, 3.8) is 0 Å². The van der Waals surface area contributed by atoms with Crippen molar-refractivity contribution in [3.8, 4) is 0 Å². The molecule has 5 heteroatoms. The molecule has 4 nitrogen and oxygen atoms in total. The highest BCUT2D eigenvalue weighted by Crippen LogP contribution is 2.34. The molecule has 1 radical (unpaired) electrons. The van der Waals surface area contributed by atoms with Crippen LogP contribution in [0, 0.1) is 6.92 Å². The van der Waals surface area contributed by atoms with Gasteiger partial charge in [-0.25, -0.2) is 0 Å². The molecule has 0 heterocycles. The Morgan fingerprint density at radius 1 is 1.75 bits per heavy atom. The Morgan fingerprint density at radius 3 is 2.12 bits per heavy atom. The predicted molar refractivity (Wildman–Crippen MR) is 30.2 cm³/mol. The van der Waals surface area contributed by atoms with Crippen molar-refractivity contribution < 1.29 is 14.4 Å². The average molecular weight is 138 g/mol. The van der Waals surface area contributed by atoms with Crippen LogP contribution in [0.15, 0.2) is 0 Å². The molecule has 1 unspecified atom stereocenters. The van der Waals surface area contributed by atoms with Gasteiger partial charge in [0.05, 0.1) is 6.16 Å². The van der Waals surface area contributed by atoms with E-state index >= 15 is 0 Å². The summed E-state index contributed by atoms with van der Waals surface area (Å²) in [5.41, 5.74) is 4.98. The van der Waals surface area contributed by atoms with Gasteiger partial charge in [-0.3, -0.25) is 4.57 Å². The predicted octanol–water partition coefficient (Wildman–Crippen LogP) is -0.675. The van der Waals surface area contributed by atoms with Crippen LogP contribution >= 0.6 is 7.60 Å². The molecule has 0 aromatic heterocycles. The van der Waals surface area contributed by atoms with Crippen LogP contribution in [0.2, 0.25) is 0 Å². The topological polar surface area (TPSA) is 83.6 Å². The van der Waals surface area contributed by atoms with E-state index in [4.69, 9.17) is 15.5 Å². The zero-order valence-corrected chi connectivity index (χ0v) is 5.21. The first kappa shape index (κ1) is 8.11. The van der Waals surface area contributed by atoms with Crippen LogP contribution < -0.4 is 5.73 Å². The Labute approximate surface area is 47.9 Å². The third kappa shape index (κ3) is 6.11. The van der Waals surface area contributed by atoms with Crippen LogP contribution in [-0.4, -0.2) is 22.0 Å². The molecule has 0 aliphatic rings. The van der Waals surface area contributed by atoms with Gasteiger partial charge in [-0.15, -0.1) is 0 Å². The molecule has 0 aromatic carbocycles. The number of nitrogens with two attached hydrogens (primary N) is 1. The zero-order chi connectivity index (χ0) is 6.78. The molecule has 0 saturated carbocycles. The van der Waals surface area contributed by atoms with Crippen molar-refractivity contribution in [3.05, 3.63) is 6.92 Å².